The lowest BCUT2D eigenvalue weighted by Crippen LogP contribution is -2.57. The summed E-state index contributed by atoms with van der Waals surface area (Å²) in [5, 5.41) is 9.62. The van der Waals surface area contributed by atoms with Crippen LogP contribution in [0.2, 0.25) is 0 Å². The number of hydrogen-bond donors (Lipinski definition) is 1. The molecule has 4 aliphatic carbocycles. The molecular formula is C20H28O4. The summed E-state index contributed by atoms with van der Waals surface area (Å²) in [6.45, 7) is 4.29. The molecule has 4 nitrogen and oxygen atoms in total. The highest BCUT2D eigenvalue weighted by Gasteiger charge is 2.64. The Morgan fingerprint density at radius 2 is 1.83 bits per heavy atom. The zero-order valence-corrected chi connectivity index (χ0v) is 14.7. The van der Waals surface area contributed by atoms with Gasteiger partial charge in [0.1, 0.15) is 11.6 Å². The molecule has 24 heavy (non-hydrogen) atoms. The number of Topliss-reactive ketones (excluding diaryl/α,β-unsaturated/α-hetero) is 2. The fraction of sp³-hybridized carbons (Fsp3) is 0.850. The quantitative estimate of drug-likeness (QED) is 0.798. The van der Waals surface area contributed by atoms with Crippen molar-refractivity contribution in [1.82, 2.24) is 0 Å². The van der Waals surface area contributed by atoms with Crippen LogP contribution in [0.4, 0.5) is 0 Å². The van der Waals surface area contributed by atoms with Gasteiger partial charge in [0.05, 0.1) is 5.92 Å². The van der Waals surface area contributed by atoms with E-state index in [4.69, 9.17) is 0 Å². The van der Waals surface area contributed by atoms with Crippen LogP contribution in [0.25, 0.3) is 0 Å². The molecule has 132 valence electrons. The molecule has 0 aromatic carbocycles. The van der Waals surface area contributed by atoms with Gasteiger partial charge >= 0.3 is 5.97 Å². The van der Waals surface area contributed by atoms with Gasteiger partial charge in [-0.15, -0.1) is 0 Å². The van der Waals surface area contributed by atoms with Crippen molar-refractivity contribution in [3.8, 4) is 0 Å². The average Bonchev–Trinajstić information content (AvgIpc) is 2.84. The Balaban J connectivity index is 1.69. The van der Waals surface area contributed by atoms with Gasteiger partial charge in [0.2, 0.25) is 0 Å². The van der Waals surface area contributed by atoms with Gasteiger partial charge in [-0.05, 0) is 60.7 Å². The Kier molecular flexibility index (Phi) is 3.50. The Morgan fingerprint density at radius 3 is 2.54 bits per heavy atom. The van der Waals surface area contributed by atoms with Crippen LogP contribution in [-0.4, -0.2) is 22.6 Å². The topological polar surface area (TPSA) is 71.4 Å². The fourth-order valence-electron chi connectivity index (χ4n) is 7.27. The van der Waals surface area contributed by atoms with Gasteiger partial charge in [-0.25, -0.2) is 0 Å². The van der Waals surface area contributed by atoms with Crippen molar-refractivity contribution in [3.63, 3.8) is 0 Å². The van der Waals surface area contributed by atoms with Gasteiger partial charge in [-0.1, -0.05) is 13.8 Å². The summed E-state index contributed by atoms with van der Waals surface area (Å²) in [5.41, 5.74) is -0.408. The Morgan fingerprint density at radius 1 is 1.08 bits per heavy atom. The van der Waals surface area contributed by atoms with E-state index in [1.165, 1.54) is 0 Å². The van der Waals surface area contributed by atoms with Crippen LogP contribution in [0, 0.1) is 40.4 Å². The summed E-state index contributed by atoms with van der Waals surface area (Å²) < 4.78 is 0. The molecule has 0 saturated heterocycles. The summed E-state index contributed by atoms with van der Waals surface area (Å²) in [6, 6.07) is 0. The minimum Gasteiger partial charge on any atom is -0.481 e. The zero-order valence-electron chi connectivity index (χ0n) is 14.7. The number of carbonyl (C=O) groups is 3. The molecule has 0 heterocycles. The molecule has 0 amide bonds. The number of carbonyl (C=O) groups excluding carboxylic acids is 2. The van der Waals surface area contributed by atoms with E-state index >= 15 is 0 Å². The highest BCUT2D eigenvalue weighted by atomic mass is 16.4. The molecule has 0 aromatic heterocycles. The van der Waals surface area contributed by atoms with Crippen molar-refractivity contribution >= 4 is 17.5 Å². The van der Waals surface area contributed by atoms with Crippen molar-refractivity contribution < 1.29 is 19.5 Å². The number of hydrogen-bond acceptors (Lipinski definition) is 3. The second kappa shape index (κ2) is 5.15. The molecule has 4 heteroatoms. The number of carboxylic acid groups (broad SMARTS) is 1. The monoisotopic (exact) mass is 332 g/mol. The van der Waals surface area contributed by atoms with Crippen LogP contribution >= 0.6 is 0 Å². The van der Waals surface area contributed by atoms with Crippen molar-refractivity contribution in [2.75, 3.05) is 0 Å². The molecule has 1 N–H and O–H groups in total. The van der Waals surface area contributed by atoms with E-state index in [1.54, 1.807) is 0 Å². The minimum absolute atomic E-state index is 0.0451. The lowest BCUT2D eigenvalue weighted by molar-refractivity contribution is -0.164. The summed E-state index contributed by atoms with van der Waals surface area (Å²) >= 11 is 0. The molecule has 0 radical (unpaired) electrons. The maximum atomic E-state index is 13.2. The summed E-state index contributed by atoms with van der Waals surface area (Å²) in [4.78, 5) is 36.8. The third-order valence-corrected chi connectivity index (χ3v) is 8.46. The van der Waals surface area contributed by atoms with E-state index in [0.29, 0.717) is 49.2 Å². The van der Waals surface area contributed by atoms with Crippen LogP contribution in [0.3, 0.4) is 0 Å². The summed E-state index contributed by atoms with van der Waals surface area (Å²) in [7, 11) is 0. The highest BCUT2D eigenvalue weighted by Crippen LogP contribution is 2.66. The average molecular weight is 332 g/mol. The molecular weight excluding hydrogens is 304 g/mol. The fourth-order valence-corrected chi connectivity index (χ4v) is 7.27. The summed E-state index contributed by atoms with van der Waals surface area (Å²) in [6.07, 6.45) is 6.21. The van der Waals surface area contributed by atoms with Gasteiger partial charge in [-0.2, -0.15) is 0 Å². The second-order valence-corrected chi connectivity index (χ2v) is 9.39. The molecule has 4 aliphatic rings. The third-order valence-electron chi connectivity index (χ3n) is 8.46. The SMILES string of the molecule is C[C@]12CCC(=O)C[C@@H]1CC[C@H]1[C@@H]3CC[C@H](C(=O)O)[C@@]3(C)CC(=O)[C@@H]12. The Labute approximate surface area is 143 Å². The lowest BCUT2D eigenvalue weighted by Gasteiger charge is -2.58. The van der Waals surface area contributed by atoms with Crippen LogP contribution in [0.5, 0.6) is 0 Å². The normalized spacial score (nSPS) is 50.8. The van der Waals surface area contributed by atoms with Crippen molar-refractivity contribution in [1.29, 1.82) is 0 Å². The van der Waals surface area contributed by atoms with E-state index in [-0.39, 0.29) is 28.4 Å². The molecule has 7 atom stereocenters. The number of aliphatic carboxylic acids is 1. The van der Waals surface area contributed by atoms with Crippen LogP contribution in [0.1, 0.15) is 65.2 Å². The van der Waals surface area contributed by atoms with Gasteiger partial charge in [0.15, 0.2) is 0 Å². The highest BCUT2D eigenvalue weighted by molar-refractivity contribution is 5.86. The molecule has 0 unspecified atom stereocenters. The molecule has 0 spiro atoms. The standard InChI is InChI=1S/C20H28O4/c1-19-8-7-12(21)9-11(19)3-4-13-14-5-6-15(18(23)24)20(14,2)10-16(22)17(13)19/h11,13-15,17H,3-10H2,1-2H3,(H,23,24)/t11-,13-,14-,15+,17+,19-,20-/m0/s1. The van der Waals surface area contributed by atoms with Crippen LogP contribution in [-0.2, 0) is 14.4 Å². The first-order valence-corrected chi connectivity index (χ1v) is 9.54. The molecule has 4 fully saturated rings. The van der Waals surface area contributed by atoms with Gasteiger partial charge in [0, 0.05) is 25.2 Å². The van der Waals surface area contributed by atoms with Crippen molar-refractivity contribution in [2.24, 2.45) is 40.4 Å². The molecule has 4 saturated carbocycles. The zero-order chi connectivity index (χ0) is 17.3. The first-order chi connectivity index (χ1) is 11.3. The Hall–Kier alpha value is -1.19. The van der Waals surface area contributed by atoms with E-state index in [1.807, 2.05) is 0 Å². The second-order valence-electron chi connectivity index (χ2n) is 9.39. The van der Waals surface area contributed by atoms with Gasteiger partial charge < -0.3 is 5.11 Å². The van der Waals surface area contributed by atoms with E-state index < -0.39 is 5.97 Å². The smallest absolute Gasteiger partial charge is 0.307 e. The summed E-state index contributed by atoms with van der Waals surface area (Å²) in [5.74, 6) is 0.635. The third kappa shape index (κ3) is 2.01. The molecule has 0 aliphatic heterocycles. The van der Waals surface area contributed by atoms with E-state index in [0.717, 1.165) is 25.7 Å². The van der Waals surface area contributed by atoms with Gasteiger partial charge in [0.25, 0.3) is 0 Å². The first-order valence-electron chi connectivity index (χ1n) is 9.54. The van der Waals surface area contributed by atoms with E-state index in [2.05, 4.69) is 13.8 Å². The molecule has 0 bridgehead atoms. The predicted octanol–water partition coefficient (Wildman–Crippen LogP) is 3.48. The predicted molar refractivity (Wildman–Crippen MR) is 88.2 cm³/mol. The number of carboxylic acids is 1. The van der Waals surface area contributed by atoms with E-state index in [9.17, 15) is 19.5 Å². The first kappa shape index (κ1) is 16.3. The molecule has 0 aromatic rings. The molecule has 4 rings (SSSR count). The number of fused-ring (bicyclic) bond motifs is 5. The maximum absolute atomic E-state index is 13.2. The largest absolute Gasteiger partial charge is 0.481 e. The van der Waals surface area contributed by atoms with Gasteiger partial charge in [-0.3, -0.25) is 14.4 Å². The lowest BCUT2D eigenvalue weighted by atomic mass is 9.44. The maximum Gasteiger partial charge on any atom is 0.307 e. The number of ketones is 2. The van der Waals surface area contributed by atoms with Crippen LogP contribution in [0.15, 0.2) is 0 Å². The minimum atomic E-state index is -0.727. The van der Waals surface area contributed by atoms with Crippen molar-refractivity contribution in [2.45, 2.75) is 65.2 Å². The van der Waals surface area contributed by atoms with Crippen molar-refractivity contribution in [3.05, 3.63) is 0 Å². The number of rotatable bonds is 1. The van der Waals surface area contributed by atoms with Crippen LogP contribution < -0.4 is 0 Å². The Bertz CT molecular complexity index is 611.